The number of para-hydroxylation sites is 1. The second kappa shape index (κ2) is 10.3. The highest BCUT2D eigenvalue weighted by molar-refractivity contribution is 5.94. The molecule has 35 heavy (non-hydrogen) atoms. The van der Waals surface area contributed by atoms with E-state index in [2.05, 4.69) is 31.4 Å². The minimum atomic E-state index is -0.423. The molecule has 0 unspecified atom stereocenters. The molecule has 0 aliphatic rings. The zero-order valence-electron chi connectivity index (χ0n) is 21.8. The lowest BCUT2D eigenvalue weighted by Gasteiger charge is -2.28. The molecule has 0 saturated carbocycles. The number of hydrogen-bond acceptors (Lipinski definition) is 3. The van der Waals surface area contributed by atoms with Crippen LogP contribution in [0.2, 0.25) is 0 Å². The number of nitrogens with zero attached hydrogens (tertiary/aromatic N) is 3. The van der Waals surface area contributed by atoms with Gasteiger partial charge in [-0.25, -0.2) is 9.48 Å². The number of anilines is 1. The van der Waals surface area contributed by atoms with Gasteiger partial charge in [-0.15, -0.1) is 0 Å². The highest BCUT2D eigenvalue weighted by atomic mass is 16.2. The molecule has 0 fully saturated rings. The zero-order chi connectivity index (χ0) is 25.8. The van der Waals surface area contributed by atoms with Gasteiger partial charge >= 0.3 is 6.03 Å². The minimum Gasteiger partial charge on any atom is -0.333 e. The second-order valence-electron chi connectivity index (χ2n) is 10.9. The predicted octanol–water partition coefficient (Wildman–Crippen LogP) is 5.43. The lowest BCUT2D eigenvalue weighted by atomic mass is 9.92. The molecule has 3 amide bonds. The lowest BCUT2D eigenvalue weighted by Crippen LogP contribution is -2.50. The summed E-state index contributed by atoms with van der Waals surface area (Å²) in [7, 11) is 0. The summed E-state index contributed by atoms with van der Waals surface area (Å²) in [5.74, 6) is 0.283. The van der Waals surface area contributed by atoms with Crippen molar-refractivity contribution in [2.24, 2.45) is 0 Å². The van der Waals surface area contributed by atoms with Gasteiger partial charge in [0.15, 0.2) is 0 Å². The quantitative estimate of drug-likeness (QED) is 0.499. The second-order valence-corrected chi connectivity index (χ2v) is 10.9. The molecule has 1 aromatic heterocycles. The average molecular weight is 476 g/mol. The van der Waals surface area contributed by atoms with Crippen LogP contribution in [0.3, 0.4) is 0 Å². The van der Waals surface area contributed by atoms with Crippen LogP contribution in [0.4, 0.5) is 10.6 Å². The van der Waals surface area contributed by atoms with E-state index in [4.69, 9.17) is 5.10 Å². The molecule has 0 saturated heterocycles. The molecular weight excluding hydrogens is 438 g/mol. The molecule has 7 heteroatoms. The van der Waals surface area contributed by atoms with Gasteiger partial charge in [0, 0.05) is 23.6 Å². The number of aromatic nitrogens is 2. The van der Waals surface area contributed by atoms with Crippen LogP contribution in [0.1, 0.15) is 58.4 Å². The maximum Gasteiger partial charge on any atom is 0.318 e. The Balaban J connectivity index is 1.88. The summed E-state index contributed by atoms with van der Waals surface area (Å²) < 4.78 is 1.77. The Morgan fingerprint density at radius 3 is 2.17 bits per heavy atom. The number of amides is 3. The van der Waals surface area contributed by atoms with E-state index in [0.717, 1.165) is 22.5 Å². The van der Waals surface area contributed by atoms with Gasteiger partial charge in [-0.05, 0) is 44.9 Å². The maximum atomic E-state index is 13.2. The number of carbonyl (C=O) groups excluding carboxylic acids is 2. The van der Waals surface area contributed by atoms with E-state index < -0.39 is 5.54 Å². The fraction of sp³-hybridized carbons (Fsp3) is 0.393. The molecular formula is C28H37N5O2. The Hall–Kier alpha value is -3.61. The van der Waals surface area contributed by atoms with E-state index in [1.54, 1.807) is 4.68 Å². The maximum absolute atomic E-state index is 13.2. The molecule has 3 rings (SSSR count). The van der Waals surface area contributed by atoms with E-state index in [9.17, 15) is 9.59 Å². The van der Waals surface area contributed by atoms with Gasteiger partial charge in [0.2, 0.25) is 5.91 Å². The van der Waals surface area contributed by atoms with E-state index in [0.29, 0.717) is 12.4 Å². The third kappa shape index (κ3) is 7.18. The van der Waals surface area contributed by atoms with Crippen molar-refractivity contribution in [1.82, 2.24) is 20.0 Å². The summed E-state index contributed by atoms with van der Waals surface area (Å²) in [4.78, 5) is 27.8. The smallest absolute Gasteiger partial charge is 0.318 e. The molecule has 7 nitrogen and oxygen atoms in total. The van der Waals surface area contributed by atoms with Crippen LogP contribution in [-0.2, 0) is 16.8 Å². The molecule has 0 bridgehead atoms. The molecule has 2 N–H and O–H groups in total. The predicted molar refractivity (Wildman–Crippen MR) is 141 cm³/mol. The molecule has 3 aromatic rings. The topological polar surface area (TPSA) is 79.3 Å². The molecule has 0 spiro atoms. The summed E-state index contributed by atoms with van der Waals surface area (Å²) >= 11 is 0. The van der Waals surface area contributed by atoms with Crippen molar-refractivity contribution in [3.63, 3.8) is 0 Å². The van der Waals surface area contributed by atoms with Crippen molar-refractivity contribution in [3.05, 3.63) is 77.5 Å². The van der Waals surface area contributed by atoms with E-state index >= 15 is 0 Å². The summed E-state index contributed by atoms with van der Waals surface area (Å²) in [5.41, 5.74) is 3.13. The first-order valence-corrected chi connectivity index (χ1v) is 11.9. The van der Waals surface area contributed by atoms with Gasteiger partial charge in [0.05, 0.1) is 11.4 Å². The van der Waals surface area contributed by atoms with Crippen LogP contribution in [0.15, 0.2) is 60.7 Å². The number of benzene rings is 2. The first kappa shape index (κ1) is 26.0. The van der Waals surface area contributed by atoms with Crippen LogP contribution in [0.5, 0.6) is 0 Å². The Labute approximate surface area is 208 Å². The third-order valence-electron chi connectivity index (χ3n) is 5.41. The van der Waals surface area contributed by atoms with Crippen molar-refractivity contribution < 1.29 is 9.59 Å². The Morgan fingerprint density at radius 2 is 1.57 bits per heavy atom. The number of urea groups is 1. The molecule has 0 radical (unpaired) electrons. The highest BCUT2D eigenvalue weighted by Crippen LogP contribution is 2.27. The summed E-state index contributed by atoms with van der Waals surface area (Å²) in [5, 5.41) is 10.8. The third-order valence-corrected chi connectivity index (χ3v) is 5.41. The van der Waals surface area contributed by atoms with Gasteiger partial charge in [-0.2, -0.15) is 5.10 Å². The largest absolute Gasteiger partial charge is 0.333 e. The van der Waals surface area contributed by atoms with Crippen molar-refractivity contribution in [2.75, 3.05) is 11.9 Å². The van der Waals surface area contributed by atoms with Crippen molar-refractivity contribution >= 4 is 17.8 Å². The normalized spacial score (nSPS) is 11.7. The Morgan fingerprint density at radius 1 is 0.943 bits per heavy atom. The first-order valence-electron chi connectivity index (χ1n) is 11.9. The number of nitrogens with one attached hydrogen (secondary N) is 2. The van der Waals surface area contributed by atoms with Crippen LogP contribution in [0.25, 0.3) is 5.69 Å². The van der Waals surface area contributed by atoms with Crippen molar-refractivity contribution in [1.29, 1.82) is 0 Å². The molecule has 0 atom stereocenters. The van der Waals surface area contributed by atoms with Crippen LogP contribution in [0, 0.1) is 6.92 Å². The van der Waals surface area contributed by atoms with Crippen LogP contribution < -0.4 is 10.6 Å². The average Bonchev–Trinajstić information content (AvgIpc) is 3.17. The standard InChI is InChI=1S/C28H37N5O2/c1-20-13-11-12-16-22(20)33-24(17-23(31-33)27(2,3)4)29-25(34)19-32(26(35)30-28(5,6)7)18-21-14-9-8-10-15-21/h8-17H,18-19H2,1-7H3,(H,29,34)(H,30,35). The van der Waals surface area contributed by atoms with Gasteiger partial charge in [-0.3, -0.25) is 4.79 Å². The number of carbonyl (C=O) groups is 2. The van der Waals surface area contributed by atoms with Gasteiger partial charge < -0.3 is 15.5 Å². The number of hydrogen-bond donors (Lipinski definition) is 2. The fourth-order valence-electron chi connectivity index (χ4n) is 3.58. The van der Waals surface area contributed by atoms with Crippen LogP contribution in [-0.4, -0.2) is 38.7 Å². The monoisotopic (exact) mass is 475 g/mol. The minimum absolute atomic E-state index is 0.0966. The lowest BCUT2D eigenvalue weighted by molar-refractivity contribution is -0.116. The highest BCUT2D eigenvalue weighted by Gasteiger charge is 2.25. The van der Waals surface area contributed by atoms with E-state index in [-0.39, 0.29) is 23.9 Å². The summed E-state index contributed by atoms with van der Waals surface area (Å²) in [6.45, 7) is 14.2. The molecule has 2 aromatic carbocycles. The molecule has 0 aliphatic carbocycles. The zero-order valence-corrected chi connectivity index (χ0v) is 21.8. The van der Waals surface area contributed by atoms with Crippen molar-refractivity contribution in [2.45, 2.75) is 66.0 Å². The van der Waals surface area contributed by atoms with Crippen LogP contribution >= 0.6 is 0 Å². The van der Waals surface area contributed by atoms with Gasteiger partial charge in [-0.1, -0.05) is 69.3 Å². The van der Waals surface area contributed by atoms with Gasteiger partial charge in [0.25, 0.3) is 0 Å². The summed E-state index contributed by atoms with van der Waals surface area (Å²) in [6.07, 6.45) is 0. The molecule has 186 valence electrons. The van der Waals surface area contributed by atoms with Crippen molar-refractivity contribution in [3.8, 4) is 5.69 Å². The SMILES string of the molecule is Cc1ccccc1-n1nc(C(C)(C)C)cc1NC(=O)CN(Cc1ccccc1)C(=O)NC(C)(C)C. The Kier molecular flexibility index (Phi) is 7.68. The van der Waals surface area contributed by atoms with E-state index in [1.165, 1.54) is 4.90 Å². The Bertz CT molecular complexity index is 1170. The molecule has 1 heterocycles. The summed E-state index contributed by atoms with van der Waals surface area (Å²) in [6, 6.07) is 19.2. The fourth-order valence-corrected chi connectivity index (χ4v) is 3.58. The molecule has 0 aliphatic heterocycles. The number of rotatable bonds is 6. The van der Waals surface area contributed by atoms with E-state index in [1.807, 2.05) is 88.4 Å². The number of aryl methyl sites for hydroxylation is 1. The van der Waals surface area contributed by atoms with Gasteiger partial charge in [0.1, 0.15) is 12.4 Å². The first-order chi connectivity index (χ1) is 16.3.